The van der Waals surface area contributed by atoms with Gasteiger partial charge in [0.1, 0.15) is 11.5 Å². The van der Waals surface area contributed by atoms with Crippen molar-refractivity contribution in [2.75, 3.05) is 36.1 Å². The minimum absolute atomic E-state index is 0.183. The summed E-state index contributed by atoms with van der Waals surface area (Å²) in [5.41, 5.74) is 8.66. The molecule has 0 radical (unpaired) electrons. The zero-order chi connectivity index (χ0) is 19.7. The van der Waals surface area contributed by atoms with Crippen molar-refractivity contribution in [3.8, 4) is 0 Å². The highest BCUT2D eigenvalue weighted by Gasteiger charge is 2.37. The molecular formula is C21H27ClN6. The molecule has 7 heteroatoms. The van der Waals surface area contributed by atoms with Crippen molar-refractivity contribution in [3.63, 3.8) is 0 Å². The Hall–Kier alpha value is -2.34. The second-order valence-electron chi connectivity index (χ2n) is 7.95. The number of halogens is 1. The van der Waals surface area contributed by atoms with E-state index in [1.54, 1.807) is 19.3 Å². The van der Waals surface area contributed by atoms with Gasteiger partial charge in [-0.3, -0.25) is 5.41 Å². The fraction of sp³-hybridized carbons (Fsp3) is 0.476. The Morgan fingerprint density at radius 2 is 1.93 bits per heavy atom. The molecule has 1 saturated carbocycles. The van der Waals surface area contributed by atoms with Crippen molar-refractivity contribution >= 4 is 34.6 Å². The van der Waals surface area contributed by atoms with E-state index in [-0.39, 0.29) is 11.5 Å². The molecule has 28 heavy (non-hydrogen) atoms. The van der Waals surface area contributed by atoms with Gasteiger partial charge in [0.2, 0.25) is 0 Å². The number of piperidine rings is 1. The highest BCUT2D eigenvalue weighted by atomic mass is 35.5. The van der Waals surface area contributed by atoms with E-state index in [1.165, 1.54) is 38.5 Å². The minimum atomic E-state index is 0.183. The van der Waals surface area contributed by atoms with Crippen LogP contribution in [-0.2, 0) is 0 Å². The zero-order valence-electron chi connectivity index (χ0n) is 16.3. The Morgan fingerprint density at radius 1 is 1.21 bits per heavy atom. The topological polar surface area (TPSA) is 90.9 Å². The van der Waals surface area contributed by atoms with Crippen molar-refractivity contribution in [2.24, 2.45) is 5.41 Å². The van der Waals surface area contributed by atoms with E-state index in [0.717, 1.165) is 24.6 Å². The van der Waals surface area contributed by atoms with Crippen LogP contribution < -0.4 is 16.0 Å². The molecule has 1 aliphatic heterocycles. The third-order valence-corrected chi connectivity index (χ3v) is 6.78. The summed E-state index contributed by atoms with van der Waals surface area (Å²) in [5.74, 6) is 1.08. The predicted molar refractivity (Wildman–Crippen MR) is 116 cm³/mol. The van der Waals surface area contributed by atoms with Crippen molar-refractivity contribution < 1.29 is 0 Å². The highest BCUT2D eigenvalue weighted by Crippen LogP contribution is 2.46. The molecule has 6 nitrogen and oxygen atoms in total. The quantitative estimate of drug-likeness (QED) is 0.666. The maximum absolute atomic E-state index is 8.54. The second-order valence-corrected chi connectivity index (χ2v) is 8.33. The number of nitrogen functional groups attached to an aromatic ring is 1. The summed E-state index contributed by atoms with van der Waals surface area (Å²) < 4.78 is 0. The van der Waals surface area contributed by atoms with Gasteiger partial charge in [0.05, 0.1) is 22.6 Å². The number of nitrogens with zero attached hydrogens (tertiary/aromatic N) is 3. The van der Waals surface area contributed by atoms with Gasteiger partial charge in [-0.2, -0.15) is 0 Å². The molecule has 1 saturated heterocycles. The molecule has 0 bridgehead atoms. The number of aromatic nitrogens is 2. The fourth-order valence-corrected chi connectivity index (χ4v) is 4.93. The molecule has 4 rings (SSSR count). The Morgan fingerprint density at radius 3 is 2.57 bits per heavy atom. The monoisotopic (exact) mass is 398 g/mol. The molecular weight excluding hydrogens is 372 g/mol. The Bertz CT molecular complexity index is 880. The van der Waals surface area contributed by atoms with Gasteiger partial charge in [0, 0.05) is 25.7 Å². The molecule has 2 aromatic rings. The standard InChI is InChI=1S/C21H27ClN6/c1-25-15-6-4-5-14(17(15)22)18(23)19-20(24)27-16(13-26-19)28-11-9-21(10-12-28)7-2-3-8-21/h4-6,13,23,25H,2-3,7-12H2,1H3,(H2,24,27). The maximum Gasteiger partial charge on any atom is 0.154 e. The first-order chi connectivity index (χ1) is 13.5. The first kappa shape index (κ1) is 19.0. The Labute approximate surface area is 171 Å². The number of hydrogen-bond acceptors (Lipinski definition) is 6. The molecule has 0 unspecified atom stereocenters. The fourth-order valence-electron chi connectivity index (χ4n) is 4.62. The first-order valence-electron chi connectivity index (χ1n) is 9.96. The summed E-state index contributed by atoms with van der Waals surface area (Å²) in [5, 5.41) is 12.1. The van der Waals surface area contributed by atoms with Crippen LogP contribution in [0.25, 0.3) is 0 Å². The lowest BCUT2D eigenvalue weighted by atomic mass is 9.77. The molecule has 2 heterocycles. The van der Waals surface area contributed by atoms with E-state index in [9.17, 15) is 0 Å². The normalized spacial score (nSPS) is 18.4. The van der Waals surface area contributed by atoms with E-state index in [1.807, 2.05) is 12.1 Å². The number of anilines is 3. The van der Waals surface area contributed by atoms with Gasteiger partial charge in [0.15, 0.2) is 5.82 Å². The summed E-state index contributed by atoms with van der Waals surface area (Å²) in [6.45, 7) is 2.00. The van der Waals surface area contributed by atoms with Crippen molar-refractivity contribution in [2.45, 2.75) is 38.5 Å². The lowest BCUT2D eigenvalue weighted by Gasteiger charge is -2.39. The number of hydrogen-bond donors (Lipinski definition) is 3. The van der Waals surface area contributed by atoms with Crippen molar-refractivity contribution in [1.29, 1.82) is 5.41 Å². The van der Waals surface area contributed by atoms with Crippen molar-refractivity contribution in [3.05, 3.63) is 40.7 Å². The summed E-state index contributed by atoms with van der Waals surface area (Å²) >= 11 is 6.42. The van der Waals surface area contributed by atoms with E-state index >= 15 is 0 Å². The molecule has 2 aliphatic rings. The maximum atomic E-state index is 8.54. The number of nitrogens with two attached hydrogens (primary N) is 1. The van der Waals surface area contributed by atoms with E-state index in [2.05, 4.69) is 20.2 Å². The molecule has 0 amide bonds. The van der Waals surface area contributed by atoms with Crippen LogP contribution in [0.1, 0.15) is 49.8 Å². The SMILES string of the molecule is CNc1cccc(C(=N)c2ncc(N3CCC4(CCCC4)CC3)nc2N)c1Cl. The lowest BCUT2D eigenvalue weighted by molar-refractivity contribution is 0.226. The van der Waals surface area contributed by atoms with Gasteiger partial charge in [0.25, 0.3) is 0 Å². The molecule has 1 spiro atoms. The molecule has 148 valence electrons. The Balaban J connectivity index is 1.53. The van der Waals surface area contributed by atoms with Crippen LogP contribution in [0.2, 0.25) is 5.02 Å². The molecule has 2 fully saturated rings. The Kier molecular flexibility index (Phi) is 5.15. The number of rotatable bonds is 4. The molecule has 4 N–H and O–H groups in total. The molecule has 1 aromatic heterocycles. The van der Waals surface area contributed by atoms with Gasteiger partial charge in [-0.05, 0) is 37.2 Å². The largest absolute Gasteiger partial charge is 0.387 e. The molecule has 1 aromatic carbocycles. The third kappa shape index (κ3) is 3.41. The summed E-state index contributed by atoms with van der Waals surface area (Å²) in [4.78, 5) is 11.3. The highest BCUT2D eigenvalue weighted by molar-refractivity contribution is 6.37. The van der Waals surface area contributed by atoms with E-state index in [0.29, 0.717) is 21.7 Å². The minimum Gasteiger partial charge on any atom is -0.387 e. The van der Waals surface area contributed by atoms with Crippen molar-refractivity contribution in [1.82, 2.24) is 9.97 Å². The van der Waals surface area contributed by atoms with Gasteiger partial charge < -0.3 is 16.0 Å². The zero-order valence-corrected chi connectivity index (χ0v) is 17.0. The average Bonchev–Trinajstić information content (AvgIpc) is 3.16. The van der Waals surface area contributed by atoms with Crippen LogP contribution in [-0.4, -0.2) is 35.8 Å². The summed E-state index contributed by atoms with van der Waals surface area (Å²) in [6, 6.07) is 5.52. The van der Waals surface area contributed by atoms with E-state index in [4.69, 9.17) is 22.7 Å². The van der Waals surface area contributed by atoms with Gasteiger partial charge >= 0.3 is 0 Å². The van der Waals surface area contributed by atoms with Crippen LogP contribution in [0.5, 0.6) is 0 Å². The number of nitrogens with one attached hydrogen (secondary N) is 2. The van der Waals surface area contributed by atoms with Gasteiger partial charge in [-0.25, -0.2) is 9.97 Å². The van der Waals surface area contributed by atoms with Gasteiger partial charge in [-0.1, -0.05) is 36.6 Å². The second kappa shape index (κ2) is 7.59. The average molecular weight is 399 g/mol. The predicted octanol–water partition coefficient (Wildman–Crippen LogP) is 4.33. The first-order valence-corrected chi connectivity index (χ1v) is 10.3. The van der Waals surface area contributed by atoms with Crippen LogP contribution in [0, 0.1) is 10.8 Å². The lowest BCUT2D eigenvalue weighted by Crippen LogP contribution is -2.39. The van der Waals surface area contributed by atoms with Gasteiger partial charge in [-0.15, -0.1) is 0 Å². The van der Waals surface area contributed by atoms with Crippen LogP contribution in [0.4, 0.5) is 17.3 Å². The van der Waals surface area contributed by atoms with Crippen LogP contribution >= 0.6 is 11.6 Å². The smallest absolute Gasteiger partial charge is 0.154 e. The summed E-state index contributed by atoms with van der Waals surface area (Å²) in [7, 11) is 1.80. The third-order valence-electron chi connectivity index (χ3n) is 6.37. The van der Waals surface area contributed by atoms with E-state index < -0.39 is 0 Å². The summed E-state index contributed by atoms with van der Waals surface area (Å²) in [6.07, 6.45) is 9.68. The number of benzene rings is 1. The van der Waals surface area contributed by atoms with Crippen LogP contribution in [0.3, 0.4) is 0 Å². The molecule has 1 aliphatic carbocycles. The molecule has 0 atom stereocenters. The van der Waals surface area contributed by atoms with Crippen LogP contribution in [0.15, 0.2) is 24.4 Å².